The molecule has 2 aliphatic carbocycles. The second-order valence-corrected chi connectivity index (χ2v) is 30.2. The molecule has 0 aromatic heterocycles. The summed E-state index contributed by atoms with van der Waals surface area (Å²) in [6.45, 7) is 19.3. The number of sulfonamides is 1. The summed E-state index contributed by atoms with van der Waals surface area (Å²) in [5, 5.41) is 23.4. The second kappa shape index (κ2) is 31.2. The zero-order chi connectivity index (χ0) is 65.1. The Bertz CT molecular complexity index is 3390. The maximum absolute atomic E-state index is 13.6. The highest BCUT2D eigenvalue weighted by Gasteiger charge is 2.43. The molecule has 4 fully saturated rings. The molecular formula is C67H85Cl2N11O10S2. The molecule has 0 unspecified atom stereocenters. The van der Waals surface area contributed by atoms with Crippen LogP contribution in [0.15, 0.2) is 82.6 Å². The Morgan fingerprint density at radius 1 is 0.652 bits per heavy atom. The van der Waals surface area contributed by atoms with E-state index < -0.39 is 38.1 Å². The van der Waals surface area contributed by atoms with Crippen molar-refractivity contribution in [2.45, 2.75) is 156 Å². The van der Waals surface area contributed by atoms with Crippen LogP contribution in [0.25, 0.3) is 4.85 Å². The molecule has 4 aliphatic heterocycles. The number of ether oxygens (including phenoxy) is 2. The number of amides is 4. The van der Waals surface area contributed by atoms with Crippen molar-refractivity contribution in [2.24, 2.45) is 5.92 Å². The Morgan fingerprint density at radius 3 is 1.79 bits per heavy atom. The van der Waals surface area contributed by atoms with Gasteiger partial charge in [-0.1, -0.05) is 29.6 Å². The molecule has 4 heterocycles. The van der Waals surface area contributed by atoms with E-state index in [1.54, 1.807) is 58.3 Å². The van der Waals surface area contributed by atoms with Crippen LogP contribution in [0.3, 0.4) is 0 Å². The third-order valence-electron chi connectivity index (χ3n) is 18.8. The number of likely N-dealkylation sites (tertiary alicyclic amines) is 2. The number of unbranched alkanes of at least 4 members (excludes halogenated alkanes) is 3. The Morgan fingerprint density at radius 2 is 1.18 bits per heavy atom. The fraction of sp³-hybridized carbons (Fsp3) is 0.552. The average Bonchev–Trinajstić information content (AvgIpc) is 1.62. The summed E-state index contributed by atoms with van der Waals surface area (Å²) in [6, 6.07) is 22.0. The zero-order valence-electron chi connectivity index (χ0n) is 52.5. The number of benzene rings is 4. The molecule has 25 heteroatoms. The number of urea groups is 1. The first-order chi connectivity index (χ1) is 44.2. The lowest BCUT2D eigenvalue weighted by Gasteiger charge is -2.38. The molecule has 0 bridgehead atoms. The van der Waals surface area contributed by atoms with Gasteiger partial charge >= 0.3 is 6.03 Å². The molecule has 6 aliphatic rings. The predicted molar refractivity (Wildman–Crippen MR) is 351 cm³/mol. The van der Waals surface area contributed by atoms with Gasteiger partial charge in [-0.15, -0.1) is 0 Å². The Balaban J connectivity index is 0.552. The number of hydrogen-bond acceptors (Lipinski definition) is 15. The van der Waals surface area contributed by atoms with Crippen LogP contribution in [0.4, 0.5) is 10.5 Å². The number of rotatable bonds is 27. The number of nitrogens with zero attached hydrogens (tertiary/aromatic N) is 6. The Labute approximate surface area is 551 Å². The molecule has 4 aromatic carbocycles. The van der Waals surface area contributed by atoms with E-state index in [1.807, 2.05) is 12.1 Å². The molecule has 4 saturated heterocycles. The van der Waals surface area contributed by atoms with E-state index in [0.29, 0.717) is 148 Å². The quantitative estimate of drug-likeness (QED) is 0.0279. The number of Topliss-reactive ketones (excluding diaryl/α,β-unsaturated/α-hetero) is 1. The second-order valence-electron chi connectivity index (χ2n) is 25.6. The SMILES string of the molecule is [C-]#[N+]c1cc(Cl)cc2c1C[C@H](N1CCN[C@H](C)C1)[C@H]2Oc1ccc(S(=O)(=O)N[C@H]2CCN(C(=O)CCCCC(=O)CCCCCNC(=O)NCCCC(=O)N3CC[C@H](CS(=O)(=O)c4ccc(O[C@H]5c6cc(Cl)cc(C#N)c6C[C@@H]5N5CCN[C@H](C)C5)cc4)C3)C2)cc1. The van der Waals surface area contributed by atoms with Crippen molar-refractivity contribution in [1.29, 1.82) is 5.26 Å². The van der Waals surface area contributed by atoms with Crippen molar-refractivity contribution in [2.75, 3.05) is 84.3 Å². The van der Waals surface area contributed by atoms with Crippen LogP contribution in [0.2, 0.25) is 10.0 Å². The van der Waals surface area contributed by atoms with Crippen LogP contribution in [0.5, 0.6) is 11.5 Å². The van der Waals surface area contributed by atoms with Gasteiger partial charge in [0, 0.05) is 132 Å². The summed E-state index contributed by atoms with van der Waals surface area (Å²) in [7, 11) is -7.58. The van der Waals surface area contributed by atoms with Crippen LogP contribution < -0.4 is 35.5 Å². The number of halogens is 2. The van der Waals surface area contributed by atoms with E-state index in [1.165, 1.54) is 12.1 Å². The molecule has 8 atom stereocenters. The van der Waals surface area contributed by atoms with Crippen molar-refractivity contribution in [1.82, 2.24) is 45.6 Å². The van der Waals surface area contributed by atoms with Gasteiger partial charge in [0.1, 0.15) is 29.5 Å². The highest BCUT2D eigenvalue weighted by Crippen LogP contribution is 2.45. The molecule has 0 radical (unpaired) electrons. The van der Waals surface area contributed by atoms with Crippen LogP contribution >= 0.6 is 23.2 Å². The lowest BCUT2D eigenvalue weighted by molar-refractivity contribution is -0.131. The predicted octanol–water partition coefficient (Wildman–Crippen LogP) is 8.06. The topological polar surface area (TPSA) is 256 Å². The van der Waals surface area contributed by atoms with Crippen molar-refractivity contribution in [3.8, 4) is 17.6 Å². The molecule has 4 aromatic rings. The van der Waals surface area contributed by atoms with Gasteiger partial charge < -0.3 is 40.5 Å². The van der Waals surface area contributed by atoms with E-state index in [0.717, 1.165) is 67.9 Å². The standard InChI is InChI=1S/C67H85Cl2N11O10S2/c1-44-39-77(30-26-72-44)61-36-56-47(38-70)32-48(68)33-58(56)65(61)89-52-14-18-54(19-15-52)91(85,86)43-46-22-28-79(41-46)64(83)13-9-25-75-67(84)74-24-8-4-5-10-51(81)11-6-7-12-63(82)80-29-23-50(42-80)76-92(87,88)55-20-16-53(17-21-55)90-66-59-34-49(69)35-60(71-3)57(59)37-62(66)78-31-27-73-45(2)40-78/h14-21,32-35,44-46,50,61-62,65-66,72-73,76H,4-13,22-31,36-37,39-43H2,1-2H3,(H2,74,75,84)/t44-,45-,46+,50+,61+,62+,65+,66+/m1/s1. The number of fused-ring (bicyclic) bond motifs is 2. The van der Waals surface area contributed by atoms with Gasteiger partial charge in [-0.2, -0.15) is 5.26 Å². The van der Waals surface area contributed by atoms with E-state index >= 15 is 0 Å². The smallest absolute Gasteiger partial charge is 0.314 e. The fourth-order valence-electron chi connectivity index (χ4n) is 14.0. The highest BCUT2D eigenvalue weighted by molar-refractivity contribution is 7.91. The molecule has 92 heavy (non-hydrogen) atoms. The van der Waals surface area contributed by atoms with Crippen molar-refractivity contribution >= 4 is 72.4 Å². The van der Waals surface area contributed by atoms with E-state index in [9.17, 15) is 41.3 Å². The molecule has 494 valence electrons. The number of hydrogen-bond donors (Lipinski definition) is 5. The average molecular weight is 1340 g/mol. The first-order valence-electron chi connectivity index (χ1n) is 32.5. The van der Waals surface area contributed by atoms with Crippen LogP contribution in [0.1, 0.15) is 131 Å². The van der Waals surface area contributed by atoms with Gasteiger partial charge in [0.15, 0.2) is 15.5 Å². The maximum Gasteiger partial charge on any atom is 0.314 e. The van der Waals surface area contributed by atoms with Gasteiger partial charge in [0.05, 0.1) is 45.8 Å². The maximum atomic E-state index is 13.6. The zero-order valence-corrected chi connectivity index (χ0v) is 55.6. The third kappa shape index (κ3) is 17.5. The number of carbonyl (C=O) groups is 4. The monoisotopic (exact) mass is 1340 g/mol. The largest absolute Gasteiger partial charge is 0.484 e. The molecule has 0 saturated carbocycles. The summed E-state index contributed by atoms with van der Waals surface area (Å²) in [6.07, 6.45) is 6.51. The Kier molecular flexibility index (Phi) is 23.3. The van der Waals surface area contributed by atoms with Crippen molar-refractivity contribution in [3.63, 3.8) is 0 Å². The highest BCUT2D eigenvalue weighted by atomic mass is 35.5. The van der Waals surface area contributed by atoms with E-state index in [4.69, 9.17) is 39.2 Å². The Hall–Kier alpha value is -6.38. The summed E-state index contributed by atoms with van der Waals surface area (Å²) >= 11 is 12.9. The molecular weight excluding hydrogens is 1250 g/mol. The lowest BCUT2D eigenvalue weighted by atomic mass is 10.0. The molecule has 21 nitrogen and oxygen atoms in total. The van der Waals surface area contributed by atoms with Crippen LogP contribution in [0, 0.1) is 23.8 Å². The first-order valence-corrected chi connectivity index (χ1v) is 36.4. The van der Waals surface area contributed by atoms with Crippen molar-refractivity contribution < 1.29 is 45.5 Å². The summed E-state index contributed by atoms with van der Waals surface area (Å²) < 4.78 is 70.4. The number of sulfone groups is 1. The first kappa shape index (κ1) is 68.5. The molecule has 5 N–H and O–H groups in total. The minimum Gasteiger partial charge on any atom is -0.484 e. The number of carbonyl (C=O) groups excluding carboxylic acids is 4. The number of ketones is 1. The van der Waals surface area contributed by atoms with Gasteiger partial charge in [-0.3, -0.25) is 24.2 Å². The minimum atomic E-state index is -3.91. The van der Waals surface area contributed by atoms with Crippen molar-refractivity contribution in [3.05, 3.63) is 122 Å². The number of nitrogens with one attached hydrogen (secondary N) is 5. The van der Waals surface area contributed by atoms with E-state index in [2.05, 4.69) is 60.6 Å². The molecule has 0 spiro atoms. The number of nitriles is 1. The normalized spacial score (nSPS) is 23.3. The third-order valence-corrected chi connectivity index (χ3v) is 22.6. The summed E-state index contributed by atoms with van der Waals surface area (Å²) in [5.74, 6) is 0.682. The van der Waals surface area contributed by atoms with Gasteiger partial charge in [-0.25, -0.2) is 31.2 Å². The minimum absolute atomic E-state index is 0.0247. The fourth-order valence-corrected chi connectivity index (χ4v) is 17.4. The van der Waals surface area contributed by atoms with Gasteiger partial charge in [0.25, 0.3) is 0 Å². The van der Waals surface area contributed by atoms with Gasteiger partial charge in [0.2, 0.25) is 21.8 Å². The molecule has 10 rings (SSSR count). The summed E-state index contributed by atoms with van der Waals surface area (Å²) in [4.78, 5) is 63.5. The van der Waals surface area contributed by atoms with E-state index in [-0.39, 0.29) is 76.6 Å². The number of piperazine rings is 2. The van der Waals surface area contributed by atoms with Crippen LogP contribution in [-0.4, -0.2) is 175 Å². The van der Waals surface area contributed by atoms with Crippen LogP contribution in [-0.2, 0) is 47.1 Å². The summed E-state index contributed by atoms with van der Waals surface area (Å²) in [5.41, 5.74) is 4.66. The lowest BCUT2D eigenvalue weighted by Crippen LogP contribution is -2.54. The molecule has 4 amide bonds. The van der Waals surface area contributed by atoms with Gasteiger partial charge in [-0.05, 0) is 173 Å².